The smallest absolute Gasteiger partial charge is 0.0550 e. The molecule has 1 aromatic rings. The zero-order valence-corrected chi connectivity index (χ0v) is 10.2. The predicted octanol–water partition coefficient (Wildman–Crippen LogP) is 3.57. The maximum atomic E-state index is 6.07. The molecule has 1 heterocycles. The lowest BCUT2D eigenvalue weighted by Gasteiger charge is -2.23. The second-order valence-electron chi connectivity index (χ2n) is 3.72. The summed E-state index contributed by atoms with van der Waals surface area (Å²) in [6.45, 7) is 2.23. The van der Waals surface area contributed by atoms with E-state index < -0.39 is 0 Å². The van der Waals surface area contributed by atoms with Crippen LogP contribution in [0, 0.1) is 0 Å². The van der Waals surface area contributed by atoms with Crippen molar-refractivity contribution in [1.29, 1.82) is 0 Å². The Kier molecular flexibility index (Phi) is 3.47. The van der Waals surface area contributed by atoms with Gasteiger partial charge in [0, 0.05) is 11.0 Å². The molecule has 1 nitrogen and oxygen atoms in total. The van der Waals surface area contributed by atoms with Crippen LogP contribution in [0.25, 0.3) is 0 Å². The molecule has 0 amide bonds. The van der Waals surface area contributed by atoms with Crippen molar-refractivity contribution < 1.29 is 0 Å². The standard InChI is InChI=1S/C11H13BrClN/c12-10-4-3-8(6-11(10)13)9-2-1-5-14-7-9/h3-4,6,9,14H,1-2,5,7H2/t9-/m0/s1. The highest BCUT2D eigenvalue weighted by molar-refractivity contribution is 9.10. The quantitative estimate of drug-likeness (QED) is 0.825. The van der Waals surface area contributed by atoms with Crippen molar-refractivity contribution in [2.45, 2.75) is 18.8 Å². The molecule has 0 radical (unpaired) electrons. The van der Waals surface area contributed by atoms with Gasteiger partial charge in [0.1, 0.15) is 0 Å². The molecule has 1 aromatic carbocycles. The van der Waals surface area contributed by atoms with Crippen LogP contribution in [0.2, 0.25) is 5.02 Å². The summed E-state index contributed by atoms with van der Waals surface area (Å²) in [4.78, 5) is 0. The zero-order chi connectivity index (χ0) is 9.97. The molecule has 0 aromatic heterocycles. The average molecular weight is 275 g/mol. The van der Waals surface area contributed by atoms with Crippen LogP contribution in [0.1, 0.15) is 24.3 Å². The third-order valence-corrected chi connectivity index (χ3v) is 3.94. The first-order valence-corrected chi connectivity index (χ1v) is 6.10. The molecule has 1 saturated heterocycles. The molecular weight excluding hydrogens is 261 g/mol. The van der Waals surface area contributed by atoms with Crippen LogP contribution in [0.15, 0.2) is 22.7 Å². The van der Waals surface area contributed by atoms with Crippen LogP contribution in [0.5, 0.6) is 0 Å². The van der Waals surface area contributed by atoms with Gasteiger partial charge in [-0.2, -0.15) is 0 Å². The molecule has 14 heavy (non-hydrogen) atoms. The third kappa shape index (κ3) is 2.30. The van der Waals surface area contributed by atoms with Crippen molar-refractivity contribution in [3.8, 4) is 0 Å². The molecular formula is C11H13BrClN. The molecule has 1 fully saturated rings. The van der Waals surface area contributed by atoms with Crippen LogP contribution >= 0.6 is 27.5 Å². The lowest BCUT2D eigenvalue weighted by Crippen LogP contribution is -2.28. The fourth-order valence-corrected chi connectivity index (χ4v) is 2.34. The van der Waals surface area contributed by atoms with Crippen LogP contribution in [-0.2, 0) is 0 Å². The van der Waals surface area contributed by atoms with Crippen molar-refractivity contribution >= 4 is 27.5 Å². The van der Waals surface area contributed by atoms with Gasteiger partial charge in [-0.15, -0.1) is 0 Å². The molecule has 1 aliphatic heterocycles. The van der Waals surface area contributed by atoms with Crippen molar-refractivity contribution in [3.63, 3.8) is 0 Å². The first-order chi connectivity index (χ1) is 6.77. The highest BCUT2D eigenvalue weighted by Gasteiger charge is 2.15. The molecule has 0 spiro atoms. The van der Waals surface area contributed by atoms with Crippen molar-refractivity contribution in [2.24, 2.45) is 0 Å². The summed E-state index contributed by atoms with van der Waals surface area (Å²) < 4.78 is 0.978. The second kappa shape index (κ2) is 4.65. The third-order valence-electron chi connectivity index (χ3n) is 2.71. The molecule has 0 saturated carbocycles. The maximum Gasteiger partial charge on any atom is 0.0550 e. The van der Waals surface area contributed by atoms with Gasteiger partial charge in [0.2, 0.25) is 0 Å². The minimum Gasteiger partial charge on any atom is -0.316 e. The first-order valence-electron chi connectivity index (χ1n) is 4.93. The van der Waals surface area contributed by atoms with Crippen LogP contribution in [0.4, 0.5) is 0 Å². The summed E-state index contributed by atoms with van der Waals surface area (Å²) in [5.74, 6) is 0.634. The van der Waals surface area contributed by atoms with E-state index in [2.05, 4.69) is 33.4 Å². The van der Waals surface area contributed by atoms with Crippen LogP contribution in [-0.4, -0.2) is 13.1 Å². The van der Waals surface area contributed by atoms with Gasteiger partial charge in [-0.05, 0) is 58.9 Å². The van der Waals surface area contributed by atoms with Gasteiger partial charge in [0.25, 0.3) is 0 Å². The van der Waals surface area contributed by atoms with E-state index in [1.54, 1.807) is 0 Å². The fourth-order valence-electron chi connectivity index (χ4n) is 1.90. The molecule has 76 valence electrons. The Balaban J connectivity index is 2.18. The zero-order valence-electron chi connectivity index (χ0n) is 7.89. The van der Waals surface area contributed by atoms with Gasteiger partial charge in [-0.25, -0.2) is 0 Å². The first kappa shape index (κ1) is 10.5. The minimum atomic E-state index is 0.634. The Bertz CT molecular complexity index is 321. The molecule has 2 rings (SSSR count). The Morgan fingerprint density at radius 1 is 1.43 bits per heavy atom. The minimum absolute atomic E-state index is 0.634. The molecule has 0 bridgehead atoms. The molecule has 1 aliphatic rings. The summed E-state index contributed by atoms with van der Waals surface area (Å²) in [7, 11) is 0. The number of benzene rings is 1. The van der Waals surface area contributed by atoms with Crippen LogP contribution < -0.4 is 5.32 Å². The van der Waals surface area contributed by atoms with E-state index in [4.69, 9.17) is 11.6 Å². The Morgan fingerprint density at radius 3 is 2.93 bits per heavy atom. The predicted molar refractivity (Wildman–Crippen MR) is 64.0 cm³/mol. The highest BCUT2D eigenvalue weighted by atomic mass is 79.9. The maximum absolute atomic E-state index is 6.07. The van der Waals surface area contributed by atoms with Gasteiger partial charge in [-0.1, -0.05) is 17.7 Å². The number of hydrogen-bond acceptors (Lipinski definition) is 1. The molecule has 0 aliphatic carbocycles. The Morgan fingerprint density at radius 2 is 2.29 bits per heavy atom. The lowest BCUT2D eigenvalue weighted by atomic mass is 9.92. The topological polar surface area (TPSA) is 12.0 Å². The van der Waals surface area contributed by atoms with E-state index in [9.17, 15) is 0 Å². The monoisotopic (exact) mass is 273 g/mol. The summed E-state index contributed by atoms with van der Waals surface area (Å²) in [5, 5.41) is 4.23. The van der Waals surface area contributed by atoms with E-state index in [1.165, 1.54) is 18.4 Å². The van der Waals surface area contributed by atoms with E-state index in [-0.39, 0.29) is 0 Å². The number of piperidine rings is 1. The van der Waals surface area contributed by atoms with E-state index in [0.29, 0.717) is 5.92 Å². The molecule has 1 atom stereocenters. The molecule has 3 heteroatoms. The lowest BCUT2D eigenvalue weighted by molar-refractivity contribution is 0.461. The van der Waals surface area contributed by atoms with E-state index in [1.807, 2.05) is 6.07 Å². The molecule has 0 unspecified atom stereocenters. The van der Waals surface area contributed by atoms with Gasteiger partial charge in [0.15, 0.2) is 0 Å². The summed E-state index contributed by atoms with van der Waals surface area (Å²) in [6, 6.07) is 6.27. The number of nitrogens with one attached hydrogen (secondary N) is 1. The summed E-state index contributed by atoms with van der Waals surface area (Å²) in [5.41, 5.74) is 1.35. The second-order valence-corrected chi connectivity index (χ2v) is 4.98. The number of halogens is 2. The van der Waals surface area contributed by atoms with Crippen LogP contribution in [0.3, 0.4) is 0 Å². The summed E-state index contributed by atoms with van der Waals surface area (Å²) in [6.07, 6.45) is 2.53. The summed E-state index contributed by atoms with van der Waals surface area (Å²) >= 11 is 9.47. The number of hydrogen-bond donors (Lipinski definition) is 1. The number of rotatable bonds is 1. The van der Waals surface area contributed by atoms with Crippen molar-refractivity contribution in [2.75, 3.05) is 13.1 Å². The van der Waals surface area contributed by atoms with E-state index >= 15 is 0 Å². The molecule has 1 N–H and O–H groups in total. The van der Waals surface area contributed by atoms with E-state index in [0.717, 1.165) is 22.6 Å². The SMILES string of the molecule is Clc1cc([C@H]2CCCNC2)ccc1Br. The Hall–Kier alpha value is -0.0500. The fraction of sp³-hybridized carbons (Fsp3) is 0.455. The Labute approximate surface area is 98.0 Å². The van der Waals surface area contributed by atoms with Gasteiger partial charge >= 0.3 is 0 Å². The van der Waals surface area contributed by atoms with Crippen molar-refractivity contribution in [3.05, 3.63) is 33.3 Å². The van der Waals surface area contributed by atoms with Crippen molar-refractivity contribution in [1.82, 2.24) is 5.32 Å². The van der Waals surface area contributed by atoms with Gasteiger partial charge < -0.3 is 5.32 Å². The van der Waals surface area contributed by atoms with Gasteiger partial charge in [-0.3, -0.25) is 0 Å². The average Bonchev–Trinajstić information content (AvgIpc) is 2.23. The highest BCUT2D eigenvalue weighted by Crippen LogP contribution is 2.29. The largest absolute Gasteiger partial charge is 0.316 e. The van der Waals surface area contributed by atoms with Gasteiger partial charge in [0.05, 0.1) is 5.02 Å². The normalized spacial score (nSPS) is 22.3.